The smallest absolute Gasteiger partial charge is 0.0885 e. The maximum absolute atomic E-state index is 5.90. The fourth-order valence-corrected chi connectivity index (χ4v) is 1.68. The molecule has 0 atom stereocenters. The second-order valence-corrected chi connectivity index (χ2v) is 3.73. The van der Waals surface area contributed by atoms with E-state index in [4.69, 9.17) is 22.1 Å². The Bertz CT molecular complexity index is 499. The highest BCUT2D eigenvalue weighted by atomic mass is 35.5. The summed E-state index contributed by atoms with van der Waals surface area (Å²) in [5, 5.41) is 1.54. The van der Waals surface area contributed by atoms with Crippen molar-refractivity contribution in [2.24, 2.45) is 0 Å². The van der Waals surface area contributed by atoms with E-state index in [2.05, 4.69) is 4.98 Å². The van der Waals surface area contributed by atoms with Crippen LogP contribution in [-0.2, 0) is 11.3 Å². The van der Waals surface area contributed by atoms with Crippen molar-refractivity contribution in [3.63, 3.8) is 0 Å². The van der Waals surface area contributed by atoms with Crippen LogP contribution in [0.15, 0.2) is 24.3 Å². The molecular weight excluding hydrogens is 212 g/mol. The SMILES string of the molecule is COCc1cc(N)c2cc(Cl)ccc2n1. The third-order valence-electron chi connectivity index (χ3n) is 2.15. The number of fused-ring (bicyclic) bond motifs is 1. The van der Waals surface area contributed by atoms with E-state index >= 15 is 0 Å². The Morgan fingerprint density at radius 3 is 2.93 bits per heavy atom. The number of pyridine rings is 1. The molecule has 2 aromatic rings. The highest BCUT2D eigenvalue weighted by Crippen LogP contribution is 2.24. The zero-order valence-electron chi connectivity index (χ0n) is 8.33. The van der Waals surface area contributed by atoms with Gasteiger partial charge >= 0.3 is 0 Å². The van der Waals surface area contributed by atoms with Gasteiger partial charge in [-0.25, -0.2) is 0 Å². The third kappa shape index (κ3) is 2.03. The van der Waals surface area contributed by atoms with Crippen LogP contribution >= 0.6 is 11.6 Å². The van der Waals surface area contributed by atoms with Gasteiger partial charge in [0.2, 0.25) is 0 Å². The Hall–Kier alpha value is -1.32. The van der Waals surface area contributed by atoms with E-state index in [0.29, 0.717) is 17.3 Å². The van der Waals surface area contributed by atoms with Crippen molar-refractivity contribution in [3.8, 4) is 0 Å². The molecule has 1 aromatic heterocycles. The van der Waals surface area contributed by atoms with Crippen LogP contribution in [0.1, 0.15) is 5.69 Å². The monoisotopic (exact) mass is 222 g/mol. The van der Waals surface area contributed by atoms with Crippen LogP contribution in [0, 0.1) is 0 Å². The predicted octanol–water partition coefficient (Wildman–Crippen LogP) is 2.62. The Balaban J connectivity index is 2.62. The van der Waals surface area contributed by atoms with Gasteiger partial charge in [-0.2, -0.15) is 0 Å². The first-order valence-electron chi connectivity index (χ1n) is 4.54. The molecule has 1 heterocycles. The number of hydrogen-bond acceptors (Lipinski definition) is 3. The first-order chi connectivity index (χ1) is 7.20. The lowest BCUT2D eigenvalue weighted by Crippen LogP contribution is -1.96. The van der Waals surface area contributed by atoms with Crippen molar-refractivity contribution in [1.82, 2.24) is 4.98 Å². The molecule has 0 saturated heterocycles. The first kappa shape index (κ1) is 10.2. The number of benzene rings is 1. The number of nitrogen functional groups attached to an aromatic ring is 1. The number of halogens is 1. The molecule has 0 radical (unpaired) electrons. The lowest BCUT2D eigenvalue weighted by atomic mass is 10.1. The first-order valence-corrected chi connectivity index (χ1v) is 4.92. The maximum atomic E-state index is 5.90. The fraction of sp³-hybridized carbons (Fsp3) is 0.182. The minimum atomic E-state index is 0.461. The summed E-state index contributed by atoms with van der Waals surface area (Å²) >= 11 is 5.88. The van der Waals surface area contributed by atoms with E-state index in [9.17, 15) is 0 Å². The Morgan fingerprint density at radius 1 is 1.40 bits per heavy atom. The van der Waals surface area contributed by atoms with Gasteiger partial charge in [-0.15, -0.1) is 0 Å². The second kappa shape index (κ2) is 4.04. The third-order valence-corrected chi connectivity index (χ3v) is 2.38. The zero-order chi connectivity index (χ0) is 10.8. The fourth-order valence-electron chi connectivity index (χ4n) is 1.50. The van der Waals surface area contributed by atoms with Crippen LogP contribution in [0.4, 0.5) is 5.69 Å². The van der Waals surface area contributed by atoms with Gasteiger partial charge < -0.3 is 10.5 Å². The van der Waals surface area contributed by atoms with Crippen molar-refractivity contribution in [2.45, 2.75) is 6.61 Å². The average molecular weight is 223 g/mol. The van der Waals surface area contributed by atoms with Gasteiger partial charge in [0.15, 0.2) is 0 Å². The molecule has 0 aliphatic rings. The molecule has 0 fully saturated rings. The molecule has 2 N–H and O–H groups in total. The summed E-state index contributed by atoms with van der Waals surface area (Å²) < 4.78 is 5.01. The molecule has 0 aliphatic carbocycles. The summed E-state index contributed by atoms with van der Waals surface area (Å²) in [7, 11) is 1.63. The van der Waals surface area contributed by atoms with E-state index in [1.165, 1.54) is 0 Å². The number of methoxy groups -OCH3 is 1. The minimum Gasteiger partial charge on any atom is -0.398 e. The predicted molar refractivity (Wildman–Crippen MR) is 61.9 cm³/mol. The number of hydrogen-bond donors (Lipinski definition) is 1. The van der Waals surface area contributed by atoms with Gasteiger partial charge in [-0.1, -0.05) is 11.6 Å². The van der Waals surface area contributed by atoms with Gasteiger partial charge in [-0.05, 0) is 24.3 Å². The lowest BCUT2D eigenvalue weighted by Gasteiger charge is -2.05. The van der Waals surface area contributed by atoms with Gasteiger partial charge in [0.1, 0.15) is 0 Å². The van der Waals surface area contributed by atoms with Crippen LogP contribution in [0.25, 0.3) is 10.9 Å². The number of ether oxygens (including phenoxy) is 1. The minimum absolute atomic E-state index is 0.461. The van der Waals surface area contributed by atoms with Crippen molar-refractivity contribution < 1.29 is 4.74 Å². The second-order valence-electron chi connectivity index (χ2n) is 3.30. The van der Waals surface area contributed by atoms with Crippen molar-refractivity contribution >= 4 is 28.2 Å². The summed E-state index contributed by atoms with van der Waals surface area (Å²) in [6.07, 6.45) is 0. The number of anilines is 1. The number of aromatic nitrogens is 1. The molecular formula is C11H11ClN2O. The topological polar surface area (TPSA) is 48.1 Å². The molecule has 0 unspecified atom stereocenters. The van der Waals surface area contributed by atoms with Crippen molar-refractivity contribution in [1.29, 1.82) is 0 Å². The average Bonchev–Trinajstić information content (AvgIpc) is 2.20. The van der Waals surface area contributed by atoms with E-state index < -0.39 is 0 Å². The molecule has 0 amide bonds. The Morgan fingerprint density at radius 2 is 2.20 bits per heavy atom. The number of rotatable bonds is 2. The molecule has 78 valence electrons. The molecule has 1 aromatic carbocycles. The Labute approximate surface area is 92.8 Å². The molecule has 0 spiro atoms. The van der Waals surface area contributed by atoms with Crippen molar-refractivity contribution in [3.05, 3.63) is 35.0 Å². The lowest BCUT2D eigenvalue weighted by molar-refractivity contribution is 0.182. The summed E-state index contributed by atoms with van der Waals surface area (Å²) in [5.41, 5.74) is 8.24. The van der Waals surface area contributed by atoms with E-state index in [1.807, 2.05) is 18.2 Å². The summed E-state index contributed by atoms with van der Waals surface area (Å²) in [6, 6.07) is 7.28. The van der Waals surface area contributed by atoms with E-state index in [1.54, 1.807) is 13.2 Å². The highest BCUT2D eigenvalue weighted by molar-refractivity contribution is 6.31. The molecule has 0 aliphatic heterocycles. The largest absolute Gasteiger partial charge is 0.398 e. The standard InChI is InChI=1S/C11H11ClN2O/c1-15-6-8-5-10(13)9-4-7(12)2-3-11(9)14-8/h2-5H,6H2,1H3,(H2,13,14). The molecule has 4 heteroatoms. The molecule has 0 saturated carbocycles. The van der Waals surface area contributed by atoms with Crippen LogP contribution in [0.3, 0.4) is 0 Å². The zero-order valence-corrected chi connectivity index (χ0v) is 9.08. The highest BCUT2D eigenvalue weighted by Gasteiger charge is 2.03. The van der Waals surface area contributed by atoms with E-state index in [-0.39, 0.29) is 0 Å². The molecule has 2 rings (SSSR count). The molecule has 3 nitrogen and oxygen atoms in total. The van der Waals surface area contributed by atoms with Gasteiger partial charge in [0.25, 0.3) is 0 Å². The van der Waals surface area contributed by atoms with E-state index in [0.717, 1.165) is 16.6 Å². The quantitative estimate of drug-likeness (QED) is 0.850. The van der Waals surface area contributed by atoms with Crippen LogP contribution in [-0.4, -0.2) is 12.1 Å². The van der Waals surface area contributed by atoms with Crippen molar-refractivity contribution in [2.75, 3.05) is 12.8 Å². The van der Waals surface area contributed by atoms with Gasteiger partial charge in [0, 0.05) is 23.2 Å². The number of nitrogens with zero attached hydrogens (tertiary/aromatic N) is 1. The van der Waals surface area contributed by atoms with Crippen LogP contribution in [0.5, 0.6) is 0 Å². The molecule has 15 heavy (non-hydrogen) atoms. The van der Waals surface area contributed by atoms with Crippen LogP contribution in [0.2, 0.25) is 5.02 Å². The molecule has 0 bridgehead atoms. The summed E-state index contributed by atoms with van der Waals surface area (Å²) in [5.74, 6) is 0. The van der Waals surface area contributed by atoms with Gasteiger partial charge in [0.05, 0.1) is 17.8 Å². The summed E-state index contributed by atoms with van der Waals surface area (Å²) in [4.78, 5) is 4.40. The summed E-state index contributed by atoms with van der Waals surface area (Å²) in [6.45, 7) is 0.461. The normalized spacial score (nSPS) is 10.8. The Kier molecular flexibility index (Phi) is 2.75. The van der Waals surface area contributed by atoms with Crippen LogP contribution < -0.4 is 5.73 Å². The van der Waals surface area contributed by atoms with Gasteiger partial charge in [-0.3, -0.25) is 4.98 Å². The maximum Gasteiger partial charge on any atom is 0.0885 e. The number of nitrogens with two attached hydrogens (primary N) is 1.